The Labute approximate surface area is 161 Å². The molecule has 0 unspecified atom stereocenters. The fourth-order valence-electron chi connectivity index (χ4n) is 2.69. The van der Waals surface area contributed by atoms with Gasteiger partial charge in [0.25, 0.3) is 11.5 Å². The summed E-state index contributed by atoms with van der Waals surface area (Å²) in [5.41, 5.74) is 4.53. The van der Waals surface area contributed by atoms with Gasteiger partial charge in [0.2, 0.25) is 0 Å². The van der Waals surface area contributed by atoms with Crippen molar-refractivity contribution in [1.29, 1.82) is 0 Å². The molecule has 10 heteroatoms. The van der Waals surface area contributed by atoms with E-state index in [1.165, 1.54) is 37.5 Å². The molecule has 0 aliphatic rings. The molecule has 29 heavy (non-hydrogen) atoms. The van der Waals surface area contributed by atoms with E-state index in [1.54, 1.807) is 0 Å². The first kappa shape index (κ1) is 20.1. The summed E-state index contributed by atoms with van der Waals surface area (Å²) in [5.74, 6) is -2.24. The van der Waals surface area contributed by atoms with E-state index in [2.05, 4.69) is 9.72 Å². The summed E-state index contributed by atoms with van der Waals surface area (Å²) in [6, 6.07) is 8.26. The summed E-state index contributed by atoms with van der Waals surface area (Å²) in [4.78, 5) is 27.8. The van der Waals surface area contributed by atoms with Gasteiger partial charge in [-0.3, -0.25) is 9.59 Å². The molecule has 0 saturated carbocycles. The van der Waals surface area contributed by atoms with Gasteiger partial charge in [-0.1, -0.05) is 18.2 Å². The topological polar surface area (TPSA) is 87.2 Å². The van der Waals surface area contributed by atoms with Crippen LogP contribution in [0.15, 0.2) is 53.5 Å². The predicted molar refractivity (Wildman–Crippen MR) is 95.5 cm³/mol. The lowest BCUT2D eigenvalue weighted by molar-refractivity contribution is -0.274. The highest BCUT2D eigenvalue weighted by Crippen LogP contribution is 2.35. The number of primary amides is 1. The lowest BCUT2D eigenvalue weighted by Crippen LogP contribution is -2.25. The monoisotopic (exact) mass is 407 g/mol. The molecule has 0 spiro atoms. The van der Waals surface area contributed by atoms with Gasteiger partial charge in [-0.25, -0.2) is 9.37 Å². The largest absolute Gasteiger partial charge is 0.573 e. The van der Waals surface area contributed by atoms with Crippen molar-refractivity contribution >= 4 is 5.91 Å². The molecule has 1 amide bonds. The third-order valence-electron chi connectivity index (χ3n) is 3.94. The number of carbonyl (C=O) groups excluding carboxylic acids is 1. The van der Waals surface area contributed by atoms with Crippen LogP contribution in [0, 0.1) is 5.82 Å². The van der Waals surface area contributed by atoms with Gasteiger partial charge < -0.3 is 15.0 Å². The molecular weight excluding hydrogens is 394 g/mol. The fraction of sp³-hybridized carbons (Fsp3) is 0.105. The number of hydrogen-bond donors (Lipinski definition) is 1. The third kappa shape index (κ3) is 4.42. The third-order valence-corrected chi connectivity index (χ3v) is 3.94. The van der Waals surface area contributed by atoms with E-state index in [4.69, 9.17) is 5.73 Å². The Morgan fingerprint density at radius 2 is 1.83 bits per heavy atom. The molecular formula is C19H13F4N3O3. The van der Waals surface area contributed by atoms with Crippen molar-refractivity contribution in [1.82, 2.24) is 9.55 Å². The average Bonchev–Trinajstić information content (AvgIpc) is 2.64. The second-order valence-electron chi connectivity index (χ2n) is 6.02. The average molecular weight is 407 g/mol. The number of aryl methyl sites for hydroxylation is 1. The Hall–Kier alpha value is -3.69. The molecule has 0 bridgehead atoms. The number of amides is 1. The van der Waals surface area contributed by atoms with Crippen molar-refractivity contribution in [3.05, 3.63) is 70.5 Å². The number of benzene rings is 2. The lowest BCUT2D eigenvalue weighted by Gasteiger charge is -2.14. The molecule has 2 aromatic carbocycles. The minimum absolute atomic E-state index is 0.139. The number of ether oxygens (including phenoxy) is 1. The second-order valence-corrected chi connectivity index (χ2v) is 6.02. The highest BCUT2D eigenvalue weighted by atomic mass is 19.4. The number of carbonyl (C=O) groups is 1. The number of halogens is 4. The van der Waals surface area contributed by atoms with Gasteiger partial charge in [0.1, 0.15) is 23.0 Å². The Balaban J connectivity index is 2.17. The molecule has 6 nitrogen and oxygen atoms in total. The highest BCUT2D eigenvalue weighted by molar-refractivity contribution is 5.91. The summed E-state index contributed by atoms with van der Waals surface area (Å²) >= 11 is 0. The van der Waals surface area contributed by atoms with Gasteiger partial charge in [-0.15, -0.1) is 13.2 Å². The molecule has 2 N–H and O–H groups in total. The van der Waals surface area contributed by atoms with Crippen LogP contribution in [-0.4, -0.2) is 21.8 Å². The second kappa shape index (κ2) is 7.38. The number of hydrogen-bond acceptors (Lipinski definition) is 4. The van der Waals surface area contributed by atoms with E-state index in [9.17, 15) is 27.2 Å². The Morgan fingerprint density at radius 1 is 1.14 bits per heavy atom. The molecule has 0 aliphatic carbocycles. The number of nitrogens with zero attached hydrogens (tertiary/aromatic N) is 2. The molecule has 0 radical (unpaired) electrons. The zero-order chi connectivity index (χ0) is 21.3. The molecule has 1 aromatic heterocycles. The normalized spacial score (nSPS) is 11.3. The maximum atomic E-state index is 13.7. The van der Waals surface area contributed by atoms with E-state index in [0.717, 1.165) is 22.8 Å². The molecule has 1 heterocycles. The molecule has 150 valence electrons. The maximum absolute atomic E-state index is 13.7. The van der Waals surface area contributed by atoms with E-state index in [-0.39, 0.29) is 28.1 Å². The zero-order valence-electron chi connectivity index (χ0n) is 14.8. The fourth-order valence-corrected chi connectivity index (χ4v) is 2.69. The van der Waals surface area contributed by atoms with Crippen molar-refractivity contribution < 1.29 is 27.1 Å². The molecule has 0 aliphatic heterocycles. The number of nitrogens with two attached hydrogens (primary N) is 1. The van der Waals surface area contributed by atoms with Gasteiger partial charge in [-0.2, -0.15) is 0 Å². The van der Waals surface area contributed by atoms with Crippen LogP contribution in [0.25, 0.3) is 22.4 Å². The zero-order valence-corrected chi connectivity index (χ0v) is 14.8. The van der Waals surface area contributed by atoms with Crippen molar-refractivity contribution in [2.75, 3.05) is 0 Å². The van der Waals surface area contributed by atoms with Gasteiger partial charge in [0.15, 0.2) is 0 Å². The lowest BCUT2D eigenvalue weighted by atomic mass is 10.0. The molecule has 0 saturated heterocycles. The summed E-state index contributed by atoms with van der Waals surface area (Å²) in [6.45, 7) is 0. The van der Waals surface area contributed by atoms with Crippen LogP contribution < -0.4 is 16.0 Å². The van der Waals surface area contributed by atoms with Gasteiger partial charge in [-0.05, 0) is 29.8 Å². The van der Waals surface area contributed by atoms with E-state index < -0.39 is 29.4 Å². The van der Waals surface area contributed by atoms with Crippen LogP contribution in [0.5, 0.6) is 5.75 Å². The minimum Gasteiger partial charge on any atom is -0.405 e. The van der Waals surface area contributed by atoms with E-state index in [0.29, 0.717) is 0 Å². The van der Waals surface area contributed by atoms with Crippen LogP contribution in [0.2, 0.25) is 0 Å². The maximum Gasteiger partial charge on any atom is 0.573 e. The minimum atomic E-state index is -4.97. The van der Waals surface area contributed by atoms with Crippen LogP contribution in [0.3, 0.4) is 0 Å². The summed E-state index contributed by atoms with van der Waals surface area (Å²) in [6.07, 6.45) is -3.81. The quantitative estimate of drug-likeness (QED) is 0.673. The van der Waals surface area contributed by atoms with Crippen molar-refractivity contribution in [3.63, 3.8) is 0 Å². The predicted octanol–water partition coefficient (Wildman–Crippen LogP) is 3.25. The van der Waals surface area contributed by atoms with E-state index in [1.807, 2.05) is 0 Å². The number of rotatable bonds is 4. The summed E-state index contributed by atoms with van der Waals surface area (Å²) < 4.78 is 56.8. The first-order valence-corrected chi connectivity index (χ1v) is 8.09. The van der Waals surface area contributed by atoms with Gasteiger partial charge in [0, 0.05) is 24.4 Å². The van der Waals surface area contributed by atoms with Crippen molar-refractivity contribution in [3.8, 4) is 28.1 Å². The Kier molecular flexibility index (Phi) is 5.10. The van der Waals surface area contributed by atoms with Crippen molar-refractivity contribution in [2.45, 2.75) is 6.36 Å². The van der Waals surface area contributed by atoms with Crippen LogP contribution in [0.1, 0.15) is 10.5 Å². The van der Waals surface area contributed by atoms with Crippen LogP contribution in [-0.2, 0) is 7.05 Å². The Bertz CT molecular complexity index is 1160. The van der Waals surface area contributed by atoms with Crippen molar-refractivity contribution in [2.24, 2.45) is 12.8 Å². The number of aromatic nitrogens is 2. The molecule has 0 fully saturated rings. The highest BCUT2D eigenvalue weighted by Gasteiger charge is 2.32. The molecule has 3 rings (SSSR count). The summed E-state index contributed by atoms with van der Waals surface area (Å²) in [5, 5.41) is 0. The van der Waals surface area contributed by atoms with Crippen LogP contribution in [0.4, 0.5) is 17.6 Å². The summed E-state index contributed by atoms with van der Waals surface area (Å²) in [7, 11) is 1.39. The first-order chi connectivity index (χ1) is 13.5. The van der Waals surface area contributed by atoms with Crippen LogP contribution >= 0.6 is 0 Å². The molecule has 0 atom stereocenters. The smallest absolute Gasteiger partial charge is 0.405 e. The first-order valence-electron chi connectivity index (χ1n) is 8.09. The van der Waals surface area contributed by atoms with Gasteiger partial charge in [0.05, 0.1) is 0 Å². The number of alkyl halides is 3. The van der Waals surface area contributed by atoms with Gasteiger partial charge >= 0.3 is 6.36 Å². The Morgan fingerprint density at radius 3 is 2.48 bits per heavy atom. The SMILES string of the molecule is Cn1cc(C(N)=O)nc(-c2cccc(-c3cc(F)ccc3OC(F)(F)F)c2)c1=O. The standard InChI is InChI=1S/C19H13F4N3O3/c1-26-9-14(17(24)27)25-16(18(26)28)11-4-2-3-10(7-11)13-8-12(20)5-6-15(13)29-19(21,22)23/h2-9H,1H3,(H2,24,27). The van der Waals surface area contributed by atoms with E-state index >= 15 is 0 Å². The molecule has 3 aromatic rings.